The summed E-state index contributed by atoms with van der Waals surface area (Å²) < 4.78 is 13.2. The van der Waals surface area contributed by atoms with Crippen LogP contribution in [0.25, 0.3) is 5.65 Å². The summed E-state index contributed by atoms with van der Waals surface area (Å²) in [6.45, 7) is 6.55. The average Bonchev–Trinajstić information content (AvgIpc) is 3.20. The van der Waals surface area contributed by atoms with Crippen molar-refractivity contribution in [1.29, 1.82) is 5.26 Å². The van der Waals surface area contributed by atoms with Gasteiger partial charge in [-0.05, 0) is 44.4 Å². The summed E-state index contributed by atoms with van der Waals surface area (Å²) in [5.41, 5.74) is 4.58. The predicted octanol–water partition coefficient (Wildman–Crippen LogP) is 2.92. The molecule has 0 N–H and O–H groups in total. The third kappa shape index (κ3) is 3.68. The van der Waals surface area contributed by atoms with Crippen LogP contribution in [0.3, 0.4) is 0 Å². The molecule has 1 aliphatic heterocycles. The highest BCUT2D eigenvalue weighted by atomic mass is 16.5. The third-order valence-corrected chi connectivity index (χ3v) is 5.50. The highest BCUT2D eigenvalue weighted by Gasteiger charge is 2.25. The number of piperidine rings is 1. The standard InChI is InChI=1S/C21H24N6O2/c1-14-15(2)25-27-13-23-24-21(27)20(14)26-8-4-5-17(11-26)12-29-18-7-6-16(10-22)9-19(18)28-3/h6-7,9,13,17H,4-5,8,11-12H2,1-3H3. The van der Waals surface area contributed by atoms with E-state index in [1.54, 1.807) is 36.2 Å². The van der Waals surface area contributed by atoms with Crippen molar-refractivity contribution in [2.24, 2.45) is 5.92 Å². The number of aromatic nitrogens is 4. The Balaban J connectivity index is 1.51. The summed E-state index contributed by atoms with van der Waals surface area (Å²) in [6, 6.07) is 7.37. The number of aryl methyl sites for hydroxylation is 1. The van der Waals surface area contributed by atoms with Gasteiger partial charge in [0.1, 0.15) is 6.33 Å². The van der Waals surface area contributed by atoms with E-state index in [1.165, 1.54) is 0 Å². The molecule has 1 unspecified atom stereocenters. The van der Waals surface area contributed by atoms with Crippen LogP contribution in [-0.4, -0.2) is 46.6 Å². The maximum Gasteiger partial charge on any atom is 0.201 e. The lowest BCUT2D eigenvalue weighted by Crippen LogP contribution is -2.38. The molecule has 150 valence electrons. The molecular weight excluding hydrogens is 368 g/mol. The number of hydrogen-bond donors (Lipinski definition) is 0. The molecule has 8 nitrogen and oxygen atoms in total. The Labute approximate surface area is 169 Å². The first-order valence-electron chi connectivity index (χ1n) is 9.73. The Bertz CT molecular complexity index is 1070. The van der Waals surface area contributed by atoms with Crippen LogP contribution in [0.1, 0.15) is 29.7 Å². The maximum atomic E-state index is 9.05. The van der Waals surface area contributed by atoms with Crippen LogP contribution in [0.5, 0.6) is 11.5 Å². The van der Waals surface area contributed by atoms with Crippen molar-refractivity contribution in [1.82, 2.24) is 19.8 Å². The number of anilines is 1. The largest absolute Gasteiger partial charge is 0.493 e. The van der Waals surface area contributed by atoms with Crippen molar-refractivity contribution in [3.05, 3.63) is 41.3 Å². The molecule has 0 aliphatic carbocycles. The van der Waals surface area contributed by atoms with Crippen LogP contribution >= 0.6 is 0 Å². The van der Waals surface area contributed by atoms with Crippen molar-refractivity contribution >= 4 is 11.3 Å². The van der Waals surface area contributed by atoms with Crippen molar-refractivity contribution in [2.75, 3.05) is 31.7 Å². The van der Waals surface area contributed by atoms with Gasteiger partial charge in [-0.25, -0.2) is 0 Å². The summed E-state index contributed by atoms with van der Waals surface area (Å²) in [5, 5.41) is 21.9. The van der Waals surface area contributed by atoms with Gasteiger partial charge in [0, 0.05) is 25.1 Å². The number of ether oxygens (including phenoxy) is 2. The molecule has 8 heteroatoms. The van der Waals surface area contributed by atoms with Gasteiger partial charge >= 0.3 is 0 Å². The number of benzene rings is 1. The van der Waals surface area contributed by atoms with Gasteiger partial charge in [-0.15, -0.1) is 10.2 Å². The minimum Gasteiger partial charge on any atom is -0.493 e. The van der Waals surface area contributed by atoms with E-state index >= 15 is 0 Å². The van der Waals surface area contributed by atoms with Gasteiger partial charge in [-0.2, -0.15) is 14.9 Å². The number of nitrogens with zero attached hydrogens (tertiary/aromatic N) is 6. The van der Waals surface area contributed by atoms with Crippen LogP contribution in [0, 0.1) is 31.1 Å². The lowest BCUT2D eigenvalue weighted by Gasteiger charge is -2.35. The lowest BCUT2D eigenvalue weighted by atomic mass is 9.97. The first-order chi connectivity index (χ1) is 14.1. The van der Waals surface area contributed by atoms with Crippen LogP contribution in [-0.2, 0) is 0 Å². The monoisotopic (exact) mass is 392 g/mol. The second-order valence-corrected chi connectivity index (χ2v) is 7.40. The Morgan fingerprint density at radius 1 is 1.28 bits per heavy atom. The number of methoxy groups -OCH3 is 1. The molecule has 0 bridgehead atoms. The fourth-order valence-electron chi connectivity index (χ4n) is 3.88. The van der Waals surface area contributed by atoms with Crippen molar-refractivity contribution in [3.8, 4) is 17.6 Å². The van der Waals surface area contributed by atoms with Crippen LogP contribution in [0.4, 0.5) is 5.69 Å². The van der Waals surface area contributed by atoms with Gasteiger partial charge in [0.05, 0.1) is 36.7 Å². The van der Waals surface area contributed by atoms with E-state index in [-0.39, 0.29) is 0 Å². The molecule has 3 aromatic rings. The molecule has 4 rings (SSSR count). The summed E-state index contributed by atoms with van der Waals surface area (Å²) in [6.07, 6.45) is 3.83. The van der Waals surface area contributed by atoms with Gasteiger partial charge in [0.2, 0.25) is 5.65 Å². The number of nitriles is 1. The molecule has 2 aromatic heterocycles. The Morgan fingerprint density at radius 2 is 2.14 bits per heavy atom. The number of hydrogen-bond acceptors (Lipinski definition) is 7. The molecule has 0 radical (unpaired) electrons. The first kappa shape index (κ1) is 19.0. The fourth-order valence-corrected chi connectivity index (χ4v) is 3.88. The average molecular weight is 392 g/mol. The van der Waals surface area contributed by atoms with Crippen molar-refractivity contribution in [3.63, 3.8) is 0 Å². The third-order valence-electron chi connectivity index (χ3n) is 5.50. The summed E-state index contributed by atoms with van der Waals surface area (Å²) >= 11 is 0. The summed E-state index contributed by atoms with van der Waals surface area (Å²) in [7, 11) is 1.59. The Morgan fingerprint density at radius 3 is 2.93 bits per heavy atom. The molecule has 0 amide bonds. The molecule has 1 fully saturated rings. The Kier molecular flexibility index (Phi) is 5.21. The van der Waals surface area contributed by atoms with E-state index in [2.05, 4.69) is 33.2 Å². The van der Waals surface area contributed by atoms with Crippen LogP contribution < -0.4 is 14.4 Å². The molecule has 1 aliphatic rings. The van der Waals surface area contributed by atoms with Crippen molar-refractivity contribution in [2.45, 2.75) is 26.7 Å². The SMILES string of the molecule is COc1cc(C#N)ccc1OCC1CCCN(c2c(C)c(C)nn3cnnc23)C1. The van der Waals surface area contributed by atoms with E-state index in [9.17, 15) is 0 Å². The maximum absolute atomic E-state index is 9.05. The predicted molar refractivity (Wildman–Crippen MR) is 108 cm³/mol. The van der Waals surface area contributed by atoms with Gasteiger partial charge in [0.15, 0.2) is 11.5 Å². The molecule has 3 heterocycles. The first-order valence-corrected chi connectivity index (χ1v) is 9.73. The summed E-state index contributed by atoms with van der Waals surface area (Å²) in [5.74, 6) is 1.63. The number of fused-ring (bicyclic) bond motifs is 1. The van der Waals surface area contributed by atoms with Crippen LogP contribution in [0.2, 0.25) is 0 Å². The highest BCUT2D eigenvalue weighted by molar-refractivity contribution is 5.72. The summed E-state index contributed by atoms with van der Waals surface area (Å²) in [4.78, 5) is 2.38. The minimum atomic E-state index is 0.375. The quantitative estimate of drug-likeness (QED) is 0.659. The molecular formula is C21H24N6O2. The lowest BCUT2D eigenvalue weighted by molar-refractivity contribution is 0.220. The van der Waals surface area contributed by atoms with E-state index in [0.717, 1.165) is 48.5 Å². The second kappa shape index (κ2) is 7.95. The molecule has 0 spiro atoms. The molecule has 1 atom stereocenters. The van der Waals surface area contributed by atoms with Gasteiger partial charge < -0.3 is 14.4 Å². The normalized spacial score (nSPS) is 16.6. The molecule has 0 saturated carbocycles. The van der Waals surface area contributed by atoms with E-state index in [0.29, 0.717) is 29.6 Å². The second-order valence-electron chi connectivity index (χ2n) is 7.40. The minimum absolute atomic E-state index is 0.375. The molecule has 1 saturated heterocycles. The molecule has 29 heavy (non-hydrogen) atoms. The van der Waals surface area contributed by atoms with Crippen molar-refractivity contribution < 1.29 is 9.47 Å². The van der Waals surface area contributed by atoms with Crippen LogP contribution in [0.15, 0.2) is 24.5 Å². The topological polar surface area (TPSA) is 88.6 Å². The Hall–Kier alpha value is -3.34. The highest BCUT2D eigenvalue weighted by Crippen LogP contribution is 2.32. The van der Waals surface area contributed by atoms with Gasteiger partial charge in [0.25, 0.3) is 0 Å². The van der Waals surface area contributed by atoms with E-state index in [4.69, 9.17) is 14.7 Å². The van der Waals surface area contributed by atoms with Gasteiger partial charge in [-0.1, -0.05) is 0 Å². The van der Waals surface area contributed by atoms with Gasteiger partial charge in [-0.3, -0.25) is 0 Å². The smallest absolute Gasteiger partial charge is 0.201 e. The zero-order chi connectivity index (χ0) is 20.4. The van der Waals surface area contributed by atoms with E-state index < -0.39 is 0 Å². The zero-order valence-electron chi connectivity index (χ0n) is 16.9. The molecule has 1 aromatic carbocycles. The zero-order valence-corrected chi connectivity index (χ0v) is 16.9. The van der Waals surface area contributed by atoms with E-state index in [1.807, 2.05) is 6.92 Å². The number of rotatable bonds is 5. The fraction of sp³-hybridized carbons (Fsp3) is 0.429.